The number of nitrogens with two attached hydrogens (primary N) is 2. The van der Waals surface area contributed by atoms with E-state index in [1.807, 2.05) is 0 Å². The van der Waals surface area contributed by atoms with Gasteiger partial charge in [0.25, 0.3) is 0 Å². The summed E-state index contributed by atoms with van der Waals surface area (Å²) in [7, 11) is 0. The molecule has 4 saturated heterocycles. The van der Waals surface area contributed by atoms with Crippen LogP contribution >= 0.6 is 0 Å². The predicted octanol–water partition coefficient (Wildman–Crippen LogP) is -2.48. The second kappa shape index (κ2) is 22.2. The highest BCUT2D eigenvalue weighted by Gasteiger charge is 2.62. The molecule has 0 spiro atoms. The van der Waals surface area contributed by atoms with Gasteiger partial charge in [-0.25, -0.2) is 19.2 Å². The molecule has 0 radical (unpaired) electrons. The number of ether oxygens (including phenoxy) is 6. The maximum absolute atomic E-state index is 14.5. The van der Waals surface area contributed by atoms with Crippen molar-refractivity contribution in [2.75, 3.05) is 48.5 Å². The summed E-state index contributed by atoms with van der Waals surface area (Å²) in [6, 6.07) is 4.51. The van der Waals surface area contributed by atoms with Gasteiger partial charge in [0.1, 0.15) is 73.4 Å². The van der Waals surface area contributed by atoms with Gasteiger partial charge < -0.3 is 81.2 Å². The topological polar surface area (TPSA) is 392 Å². The van der Waals surface area contributed by atoms with Crippen molar-refractivity contribution in [2.45, 2.75) is 97.4 Å². The average Bonchev–Trinajstić information content (AvgIpc) is 3.92. The number of aliphatic hydroxyl groups excluding tert-OH is 6. The van der Waals surface area contributed by atoms with Gasteiger partial charge in [-0.2, -0.15) is 55.1 Å². The Labute approximate surface area is 417 Å². The zero-order valence-electron chi connectivity index (χ0n) is 38.2. The Morgan fingerprint density at radius 1 is 0.500 bits per heavy atom. The first-order valence-corrected chi connectivity index (χ1v) is 21.8. The molecule has 4 aliphatic rings. The lowest BCUT2D eigenvalue weighted by Gasteiger charge is -2.21. The minimum absolute atomic E-state index is 0.0779. The molecule has 0 aromatic carbocycles. The molecule has 36 heteroatoms. The van der Waals surface area contributed by atoms with E-state index in [1.165, 1.54) is 12.4 Å². The molecule has 28 nitrogen and oxygen atoms in total. The second-order valence-corrected chi connectivity index (χ2v) is 16.6. The van der Waals surface area contributed by atoms with E-state index in [-0.39, 0.29) is 23.3 Å². The quantitative estimate of drug-likeness (QED) is 0.0410. The summed E-state index contributed by atoms with van der Waals surface area (Å²) in [6.45, 7) is -2.99. The van der Waals surface area contributed by atoms with Crippen LogP contribution in [0.25, 0.3) is 0 Å². The van der Waals surface area contributed by atoms with Gasteiger partial charge in [0, 0.05) is 37.2 Å². The van der Waals surface area contributed by atoms with E-state index in [0.717, 1.165) is 61.6 Å². The van der Waals surface area contributed by atoms with Crippen LogP contribution in [0.1, 0.15) is 24.9 Å². The summed E-state index contributed by atoms with van der Waals surface area (Å²) in [4.78, 5) is 62.0. The zero-order chi connectivity index (χ0) is 55.7. The Balaban J connectivity index is 0.000000221. The third kappa shape index (κ3) is 11.2. The van der Waals surface area contributed by atoms with E-state index in [2.05, 4.69) is 30.6 Å². The first-order valence-electron chi connectivity index (χ1n) is 21.8. The van der Waals surface area contributed by atoms with Crippen molar-refractivity contribution in [3.63, 3.8) is 0 Å². The lowest BCUT2D eigenvalue weighted by molar-refractivity contribution is -0.141. The number of anilines is 4. The number of alkyl halides is 8. The predicted molar refractivity (Wildman–Crippen MR) is 234 cm³/mol. The minimum atomic E-state index is -3.88. The van der Waals surface area contributed by atoms with E-state index < -0.39 is 147 Å². The smallest absolute Gasteiger partial charge is 0.351 e. The highest BCUT2D eigenvalue weighted by atomic mass is 19.3. The highest BCUT2D eigenvalue weighted by molar-refractivity contribution is 5.40. The van der Waals surface area contributed by atoms with Crippen molar-refractivity contribution in [3.05, 3.63) is 116 Å². The molecule has 8 rings (SSSR count). The average molecular weight is 1100 g/mol. The van der Waals surface area contributed by atoms with Crippen molar-refractivity contribution >= 4 is 23.3 Å². The number of aliphatic hydroxyl groups is 6. The summed E-state index contributed by atoms with van der Waals surface area (Å²) < 4.78 is 147. The molecule has 0 unspecified atom stereocenters. The van der Waals surface area contributed by atoms with Gasteiger partial charge in [0.2, 0.25) is 24.9 Å². The highest BCUT2D eigenvalue weighted by Crippen LogP contribution is 2.45. The van der Waals surface area contributed by atoms with Gasteiger partial charge in [-0.05, 0) is 24.3 Å². The molecule has 0 aliphatic carbocycles. The molecule has 4 aromatic heterocycles. The molecule has 0 bridgehead atoms. The molecule has 8 heterocycles. The number of nitrogens with one attached hydrogen (secondary N) is 2. The summed E-state index contributed by atoms with van der Waals surface area (Å²) in [6.07, 6.45) is -16.5. The third-order valence-electron chi connectivity index (χ3n) is 11.6. The number of nitrogen functional groups attached to an aromatic ring is 2. The monoisotopic (exact) mass is 1100 g/mol. The number of aromatic nitrogens is 8. The summed E-state index contributed by atoms with van der Waals surface area (Å²) in [5.74, 6) is -16.0. The fourth-order valence-corrected chi connectivity index (χ4v) is 7.63. The second-order valence-electron chi connectivity index (χ2n) is 16.6. The van der Waals surface area contributed by atoms with Gasteiger partial charge in [-0.15, -0.1) is 0 Å². The lowest BCUT2D eigenvalue weighted by Crippen LogP contribution is -2.42. The molecule has 4 fully saturated rings. The summed E-state index contributed by atoms with van der Waals surface area (Å²) in [5, 5.41) is 62.3. The van der Waals surface area contributed by atoms with Gasteiger partial charge in [-0.3, -0.25) is 18.3 Å². The van der Waals surface area contributed by atoms with Crippen LogP contribution in [0, 0.1) is 0 Å². The Morgan fingerprint density at radius 3 is 1.05 bits per heavy atom. The van der Waals surface area contributed by atoms with Crippen LogP contribution in [0.4, 0.5) is 58.4 Å². The minimum Gasteiger partial charge on any atom is -0.495 e. The fourth-order valence-electron chi connectivity index (χ4n) is 7.63. The van der Waals surface area contributed by atoms with Crippen molar-refractivity contribution in [1.29, 1.82) is 0 Å². The van der Waals surface area contributed by atoms with Crippen LogP contribution in [0.5, 0.6) is 0 Å². The van der Waals surface area contributed by atoms with Crippen LogP contribution in [0.15, 0.2) is 93.2 Å². The molecule has 4 aromatic rings. The maximum atomic E-state index is 14.5. The fraction of sp³-hybridized carbons (Fsp3) is 0.500. The standard InChI is InChI=1S/2C20H22F4N6O8/c21-19(22)13(33)9(7-31)37-15(19)29-5-1-11(27-17(29)35)25-3-4-26-12-2-6-30(18(36)28-12)16-20(23,24)14(34)10(8-32)38-16;21-19(22)13(31)9(37-15(19)29-3-1-11(25)27-17(29)33)7-35-5-6-36-8-10-14(32)20(23,24)16(38-10)30-4-2-12(26)28-18(30)34/h1-6,9-10,13-16,31-34H,7-8H2,(H,25,27,35)(H,26,28,36);1-6,9-10,13-16,31-32H,7-8H2,(H2,25,27,33)(H2,26,28,34)/b4-3-;6-5-/t2*9-,10-,13-,14-,15-,16-/m11/s1. The van der Waals surface area contributed by atoms with E-state index in [9.17, 15) is 74.7 Å². The van der Waals surface area contributed by atoms with Crippen LogP contribution in [0.2, 0.25) is 0 Å². The molecule has 12 N–H and O–H groups in total. The summed E-state index contributed by atoms with van der Waals surface area (Å²) >= 11 is 0. The van der Waals surface area contributed by atoms with Crippen LogP contribution in [-0.2, 0) is 28.4 Å². The molecule has 12 atom stereocenters. The normalized spacial score (nSPS) is 30.1. The first-order chi connectivity index (χ1) is 35.7. The van der Waals surface area contributed by atoms with Gasteiger partial charge in [0.05, 0.1) is 13.2 Å². The number of nitrogens with zero attached hydrogens (tertiary/aromatic N) is 8. The van der Waals surface area contributed by atoms with E-state index >= 15 is 0 Å². The van der Waals surface area contributed by atoms with E-state index in [0.29, 0.717) is 18.3 Å². The van der Waals surface area contributed by atoms with Gasteiger partial charge in [-0.1, -0.05) is 0 Å². The number of halogens is 8. The molecular weight excluding hydrogens is 1060 g/mol. The molecule has 4 aliphatic heterocycles. The molecule has 76 heavy (non-hydrogen) atoms. The van der Waals surface area contributed by atoms with E-state index in [4.69, 9.17) is 50.1 Å². The molecule has 0 saturated carbocycles. The zero-order valence-corrected chi connectivity index (χ0v) is 38.2. The Morgan fingerprint density at radius 2 is 0.776 bits per heavy atom. The number of hydrogen-bond acceptors (Lipinski definition) is 24. The van der Waals surface area contributed by atoms with Crippen LogP contribution < -0.4 is 44.9 Å². The van der Waals surface area contributed by atoms with Crippen molar-refractivity contribution in [1.82, 2.24) is 38.2 Å². The van der Waals surface area contributed by atoms with E-state index in [1.54, 1.807) is 0 Å². The maximum Gasteiger partial charge on any atom is 0.351 e. The number of rotatable bonds is 16. The Hall–Kier alpha value is -7.16. The van der Waals surface area contributed by atoms with Gasteiger partial charge in [0.15, 0.2) is 24.4 Å². The van der Waals surface area contributed by atoms with Crippen molar-refractivity contribution in [2.24, 2.45) is 0 Å². The van der Waals surface area contributed by atoms with Crippen LogP contribution in [-0.4, -0.2) is 168 Å². The van der Waals surface area contributed by atoms with Gasteiger partial charge >= 0.3 is 46.4 Å². The lowest BCUT2D eigenvalue weighted by atomic mass is 10.1. The molecule has 416 valence electrons. The largest absolute Gasteiger partial charge is 0.495 e. The van der Waals surface area contributed by atoms with Crippen molar-refractivity contribution in [3.8, 4) is 0 Å². The Bertz CT molecular complexity index is 2810. The molecule has 0 amide bonds. The van der Waals surface area contributed by atoms with Crippen LogP contribution in [0.3, 0.4) is 0 Å². The molecular formula is C40H44F8N12O16. The van der Waals surface area contributed by atoms with Crippen molar-refractivity contribution < 1.29 is 94.2 Å². The summed E-state index contributed by atoms with van der Waals surface area (Å²) in [5.41, 5.74) is 6.17. The number of hydrogen-bond donors (Lipinski definition) is 10. The Kier molecular flexibility index (Phi) is 16.5. The first kappa shape index (κ1) is 56.6. The SMILES string of the molecule is Nc1ccn([C@@H]2O[C@H](CO/C=C\OC[C@H]3O[C@@H](n4ccc(N)nc4=O)C(F)(F)[C@@H]3O)[C@@H](O)C2(F)F)c(=O)n1.O=c1nc(N/C=C\Nc2ccn([C@@H]3O[C@H](CO)[C@@H](O)C3(F)F)c(=O)n2)ccn1[C@@H]1O[C@H](CO)[C@@H](O)C1(F)F. The third-order valence-corrected chi connectivity index (χ3v) is 11.6.